The highest BCUT2D eigenvalue weighted by Crippen LogP contribution is 2.28. The van der Waals surface area contributed by atoms with Crippen molar-refractivity contribution in [2.75, 3.05) is 0 Å². The Morgan fingerprint density at radius 3 is 2.04 bits per heavy atom. The van der Waals surface area contributed by atoms with Gasteiger partial charge in [0.2, 0.25) is 0 Å². The maximum absolute atomic E-state index is 10.5. The van der Waals surface area contributed by atoms with Gasteiger partial charge in [-0.15, -0.1) is 0 Å². The molecular weight excluding hydrogens is 332 g/mol. The molecule has 1 aliphatic rings. The number of carboxylic acid groups (broad SMARTS) is 1. The fourth-order valence-corrected chi connectivity index (χ4v) is 3.33. The Labute approximate surface area is 164 Å². The fourth-order valence-electron chi connectivity index (χ4n) is 3.33. The minimum Gasteiger partial charge on any atom is -0.481 e. The van der Waals surface area contributed by atoms with Crippen molar-refractivity contribution in [1.82, 2.24) is 0 Å². The van der Waals surface area contributed by atoms with Crippen molar-refractivity contribution in [2.24, 2.45) is 0 Å². The monoisotopic (exact) mass is 366 g/mol. The van der Waals surface area contributed by atoms with Crippen LogP contribution < -0.4 is 0 Å². The standard InChI is InChI=1S/C13H18O2.C12H16/c1-2-3-4-6-11-7-5-8-12(9-11)10-13(14)15;1-2-3-4-5-10-6-7-11-9-12(11)8-10/h5,7-9H,2-4,6,10H2,1H3,(H,14,15);6-8H,2-5,9H2,1H3. The summed E-state index contributed by atoms with van der Waals surface area (Å²) in [7, 11) is 0. The van der Waals surface area contributed by atoms with Crippen LogP contribution in [-0.4, -0.2) is 11.1 Å². The average molecular weight is 367 g/mol. The molecule has 0 heterocycles. The van der Waals surface area contributed by atoms with Gasteiger partial charge in [0.25, 0.3) is 0 Å². The molecule has 0 radical (unpaired) electrons. The third-order valence-electron chi connectivity index (χ3n) is 5.01. The molecule has 1 N–H and O–H groups in total. The minimum atomic E-state index is -0.763. The molecular formula is C25H34O2. The van der Waals surface area contributed by atoms with Crippen LogP contribution in [-0.2, 0) is 30.5 Å². The van der Waals surface area contributed by atoms with Gasteiger partial charge < -0.3 is 5.11 Å². The zero-order valence-corrected chi connectivity index (χ0v) is 17.0. The lowest BCUT2D eigenvalue weighted by Crippen LogP contribution is -2.00. The van der Waals surface area contributed by atoms with Crippen molar-refractivity contribution in [2.45, 2.75) is 78.1 Å². The van der Waals surface area contributed by atoms with Gasteiger partial charge in [0, 0.05) is 0 Å². The molecule has 0 saturated heterocycles. The molecule has 0 aromatic heterocycles. The predicted molar refractivity (Wildman–Crippen MR) is 113 cm³/mol. The highest BCUT2D eigenvalue weighted by molar-refractivity contribution is 5.70. The highest BCUT2D eigenvalue weighted by atomic mass is 16.4. The van der Waals surface area contributed by atoms with Crippen molar-refractivity contribution < 1.29 is 9.90 Å². The number of benzene rings is 2. The van der Waals surface area contributed by atoms with Gasteiger partial charge >= 0.3 is 5.97 Å². The van der Waals surface area contributed by atoms with E-state index in [4.69, 9.17) is 5.11 Å². The normalized spacial score (nSPS) is 11.3. The van der Waals surface area contributed by atoms with Crippen LogP contribution in [0, 0.1) is 0 Å². The van der Waals surface area contributed by atoms with E-state index < -0.39 is 5.97 Å². The Morgan fingerprint density at radius 1 is 0.815 bits per heavy atom. The molecule has 2 heteroatoms. The smallest absolute Gasteiger partial charge is 0.307 e. The van der Waals surface area contributed by atoms with E-state index in [9.17, 15) is 4.79 Å². The number of unbranched alkanes of at least 4 members (excludes halogenated alkanes) is 4. The number of aliphatic carboxylic acids is 1. The van der Waals surface area contributed by atoms with Crippen molar-refractivity contribution in [1.29, 1.82) is 0 Å². The molecule has 27 heavy (non-hydrogen) atoms. The van der Waals surface area contributed by atoms with E-state index in [1.165, 1.54) is 56.9 Å². The van der Waals surface area contributed by atoms with Crippen LogP contribution >= 0.6 is 0 Å². The summed E-state index contributed by atoms with van der Waals surface area (Å²) in [4.78, 5) is 10.5. The molecule has 0 fully saturated rings. The topological polar surface area (TPSA) is 37.3 Å². The van der Waals surface area contributed by atoms with Crippen LogP contribution in [0.1, 0.15) is 80.2 Å². The first-order valence-corrected chi connectivity index (χ1v) is 10.5. The van der Waals surface area contributed by atoms with Gasteiger partial charge in [-0.2, -0.15) is 0 Å². The summed E-state index contributed by atoms with van der Waals surface area (Å²) in [5.41, 5.74) is 6.84. The van der Waals surface area contributed by atoms with Crippen molar-refractivity contribution in [3.05, 3.63) is 70.3 Å². The molecule has 0 saturated carbocycles. The van der Waals surface area contributed by atoms with Gasteiger partial charge in [0.1, 0.15) is 0 Å². The first kappa shape index (κ1) is 21.2. The van der Waals surface area contributed by atoms with Gasteiger partial charge in [-0.25, -0.2) is 0 Å². The average Bonchev–Trinajstić information content (AvgIpc) is 3.41. The van der Waals surface area contributed by atoms with Gasteiger partial charge in [-0.3, -0.25) is 4.79 Å². The summed E-state index contributed by atoms with van der Waals surface area (Å²) in [5.74, 6) is -0.763. The molecule has 3 rings (SSSR count). The predicted octanol–water partition coefficient (Wildman–Crippen LogP) is 6.37. The van der Waals surface area contributed by atoms with Crippen LogP contribution in [0.3, 0.4) is 0 Å². The number of rotatable bonds is 10. The number of hydrogen-bond donors (Lipinski definition) is 1. The van der Waals surface area contributed by atoms with Gasteiger partial charge in [-0.1, -0.05) is 82.0 Å². The van der Waals surface area contributed by atoms with Crippen LogP contribution in [0.15, 0.2) is 42.5 Å². The van der Waals surface area contributed by atoms with Crippen molar-refractivity contribution in [3.63, 3.8) is 0 Å². The van der Waals surface area contributed by atoms with Crippen LogP contribution in [0.4, 0.5) is 0 Å². The zero-order valence-electron chi connectivity index (χ0n) is 17.0. The van der Waals surface area contributed by atoms with E-state index in [1.54, 1.807) is 16.7 Å². The summed E-state index contributed by atoms with van der Waals surface area (Å²) in [6.45, 7) is 4.44. The first-order valence-electron chi connectivity index (χ1n) is 10.5. The molecule has 0 unspecified atom stereocenters. The van der Waals surface area contributed by atoms with E-state index in [0.717, 1.165) is 12.0 Å². The molecule has 1 aliphatic carbocycles. The molecule has 0 atom stereocenters. The minimum absolute atomic E-state index is 0.127. The third-order valence-corrected chi connectivity index (χ3v) is 5.01. The summed E-state index contributed by atoms with van der Waals surface area (Å²) >= 11 is 0. The van der Waals surface area contributed by atoms with Crippen LogP contribution in [0.2, 0.25) is 0 Å². The quantitative estimate of drug-likeness (QED) is 0.423. The lowest BCUT2D eigenvalue weighted by atomic mass is 10.0. The molecule has 0 bridgehead atoms. The Morgan fingerprint density at radius 2 is 1.44 bits per heavy atom. The van der Waals surface area contributed by atoms with Crippen molar-refractivity contribution in [3.8, 4) is 0 Å². The van der Waals surface area contributed by atoms with E-state index in [2.05, 4.69) is 38.1 Å². The third kappa shape index (κ3) is 8.43. The Bertz CT molecular complexity index is 718. The van der Waals surface area contributed by atoms with Crippen molar-refractivity contribution >= 4 is 5.97 Å². The van der Waals surface area contributed by atoms with E-state index >= 15 is 0 Å². The molecule has 0 amide bonds. The molecule has 146 valence electrons. The maximum atomic E-state index is 10.5. The molecule has 0 aliphatic heterocycles. The van der Waals surface area contributed by atoms with Gasteiger partial charge in [0.05, 0.1) is 6.42 Å². The van der Waals surface area contributed by atoms with Gasteiger partial charge in [-0.05, 0) is 59.9 Å². The van der Waals surface area contributed by atoms with Gasteiger partial charge in [0.15, 0.2) is 0 Å². The summed E-state index contributed by atoms with van der Waals surface area (Å²) in [6.07, 6.45) is 11.4. The second-order valence-electron chi connectivity index (χ2n) is 7.58. The second-order valence-corrected chi connectivity index (χ2v) is 7.58. The maximum Gasteiger partial charge on any atom is 0.307 e. The number of carbonyl (C=O) groups is 1. The Hall–Kier alpha value is -2.09. The van der Waals surface area contributed by atoms with E-state index in [0.29, 0.717) is 0 Å². The highest BCUT2D eigenvalue weighted by Gasteiger charge is 2.15. The number of fused-ring (bicyclic) bond motifs is 1. The summed E-state index contributed by atoms with van der Waals surface area (Å²) in [6, 6.07) is 14.9. The Kier molecular flexibility index (Phi) is 9.10. The molecule has 0 spiro atoms. The molecule has 2 nitrogen and oxygen atoms in total. The lowest BCUT2D eigenvalue weighted by molar-refractivity contribution is -0.136. The zero-order chi connectivity index (χ0) is 19.5. The second kappa shape index (κ2) is 11.6. The number of hydrogen-bond acceptors (Lipinski definition) is 1. The summed E-state index contributed by atoms with van der Waals surface area (Å²) in [5, 5.41) is 8.67. The first-order chi connectivity index (χ1) is 13.1. The largest absolute Gasteiger partial charge is 0.481 e. The lowest BCUT2D eigenvalue weighted by Gasteiger charge is -2.03. The Balaban J connectivity index is 0.000000198. The van der Waals surface area contributed by atoms with Crippen LogP contribution in [0.25, 0.3) is 0 Å². The number of aryl methyl sites for hydroxylation is 2. The van der Waals surface area contributed by atoms with E-state index in [-0.39, 0.29) is 6.42 Å². The summed E-state index contributed by atoms with van der Waals surface area (Å²) < 4.78 is 0. The molecule has 2 aromatic carbocycles. The van der Waals surface area contributed by atoms with Crippen LogP contribution in [0.5, 0.6) is 0 Å². The molecule has 2 aromatic rings. The van der Waals surface area contributed by atoms with E-state index in [1.807, 2.05) is 18.2 Å². The fraction of sp³-hybridized carbons (Fsp3) is 0.480. The number of carboxylic acids is 1. The SMILES string of the molecule is CCCCCc1ccc2c(c1)C2.CCCCCc1cccc(CC(=O)O)c1.